The second-order valence-electron chi connectivity index (χ2n) is 16.9. The third-order valence-corrected chi connectivity index (χ3v) is 13.0. The Morgan fingerprint density at radius 2 is 0.803 bits per heavy atom. The molecule has 0 N–H and O–H groups in total. The lowest BCUT2D eigenvalue weighted by atomic mass is 9.93. The maximum Gasteiger partial charge on any atom is 0.0553 e. The van der Waals surface area contributed by atoms with Gasteiger partial charge in [0.05, 0.1) is 16.7 Å². The van der Waals surface area contributed by atoms with E-state index in [4.69, 9.17) is 0 Å². The molecule has 0 atom stereocenters. The molecular formula is C64H44N2. The van der Waals surface area contributed by atoms with Gasteiger partial charge in [0.15, 0.2) is 0 Å². The summed E-state index contributed by atoms with van der Waals surface area (Å²) in [5.74, 6) is 0. The summed E-state index contributed by atoms with van der Waals surface area (Å²) in [7, 11) is 0. The molecule has 0 aliphatic heterocycles. The summed E-state index contributed by atoms with van der Waals surface area (Å²) in [6.07, 6.45) is 0. The van der Waals surface area contributed by atoms with Crippen molar-refractivity contribution in [1.29, 1.82) is 0 Å². The zero-order valence-corrected chi connectivity index (χ0v) is 36.3. The monoisotopic (exact) mass is 840 g/mol. The minimum atomic E-state index is 1.08. The van der Waals surface area contributed by atoms with E-state index in [9.17, 15) is 0 Å². The lowest BCUT2D eigenvalue weighted by Crippen LogP contribution is -2.11. The number of aromatic nitrogens is 1. The number of hydrogen-bond acceptors (Lipinski definition) is 1. The normalized spacial score (nSPS) is 11.3. The average molecular weight is 841 g/mol. The van der Waals surface area contributed by atoms with Gasteiger partial charge in [-0.2, -0.15) is 0 Å². The van der Waals surface area contributed by atoms with E-state index in [1.54, 1.807) is 0 Å². The van der Waals surface area contributed by atoms with Crippen LogP contribution in [0.1, 0.15) is 0 Å². The van der Waals surface area contributed by atoms with Crippen molar-refractivity contribution in [3.63, 3.8) is 0 Å². The minimum absolute atomic E-state index is 1.08. The third kappa shape index (κ3) is 7.02. The molecule has 66 heavy (non-hydrogen) atoms. The Kier molecular flexibility index (Phi) is 9.89. The lowest BCUT2D eigenvalue weighted by molar-refractivity contribution is 1.18. The maximum atomic E-state index is 2.42. The molecule has 0 unspecified atom stereocenters. The summed E-state index contributed by atoms with van der Waals surface area (Å²) in [5.41, 5.74) is 18.6. The van der Waals surface area contributed by atoms with Crippen LogP contribution in [0.15, 0.2) is 267 Å². The van der Waals surface area contributed by atoms with E-state index >= 15 is 0 Å². The first-order chi connectivity index (χ1) is 32.7. The fraction of sp³-hybridized carbons (Fsp3) is 0. The van der Waals surface area contributed by atoms with Crippen molar-refractivity contribution in [1.82, 2.24) is 4.57 Å². The van der Waals surface area contributed by atoms with Gasteiger partial charge in [0.25, 0.3) is 0 Å². The SMILES string of the molecule is c1ccc(-c2cc(-c3cccc(N(c4ccc(-c5ccc(-c6cccc7ccccc67)cc5)cc4)c4ccccc4-c4ccccc4)c3)c3c4ccccc4n(-c4ccccc4)c3c2)cc1. The Balaban J connectivity index is 1.01. The molecule has 0 saturated heterocycles. The average Bonchev–Trinajstić information content (AvgIpc) is 3.74. The molecule has 0 aliphatic rings. The molecule has 2 nitrogen and oxygen atoms in total. The number of nitrogens with zero attached hydrogens (tertiary/aromatic N) is 2. The van der Waals surface area contributed by atoms with Gasteiger partial charge >= 0.3 is 0 Å². The van der Waals surface area contributed by atoms with E-state index in [0.29, 0.717) is 0 Å². The van der Waals surface area contributed by atoms with Crippen LogP contribution in [0.25, 0.3) is 93.9 Å². The van der Waals surface area contributed by atoms with Crippen LogP contribution in [0, 0.1) is 0 Å². The lowest BCUT2D eigenvalue weighted by Gasteiger charge is -2.28. The van der Waals surface area contributed by atoms with E-state index < -0.39 is 0 Å². The van der Waals surface area contributed by atoms with Crippen LogP contribution < -0.4 is 4.90 Å². The molecule has 2 heteroatoms. The van der Waals surface area contributed by atoms with Gasteiger partial charge in [-0.3, -0.25) is 0 Å². The summed E-state index contributed by atoms with van der Waals surface area (Å²) in [4.78, 5) is 2.42. The van der Waals surface area contributed by atoms with Crippen LogP contribution in [0.3, 0.4) is 0 Å². The highest BCUT2D eigenvalue weighted by atomic mass is 15.1. The number of anilines is 3. The standard InChI is InChI=1S/C64H44N2/c1-4-18-45(19-5-1)52-43-60(64-59-30-13-15-33-62(59)66(63(64)44-52)53-25-8-3-9-26-53)51-24-16-27-55(42-51)65(61-32-14-12-29-58(61)49-20-6-2-7-21-49)54-40-38-47(39-41-54)46-34-36-50(37-35-46)57-31-17-23-48-22-10-11-28-56(48)57/h1-44H. The molecule has 0 aliphatic carbocycles. The smallest absolute Gasteiger partial charge is 0.0553 e. The second-order valence-corrected chi connectivity index (χ2v) is 16.9. The predicted molar refractivity (Wildman–Crippen MR) is 280 cm³/mol. The van der Waals surface area contributed by atoms with Gasteiger partial charge < -0.3 is 9.47 Å². The van der Waals surface area contributed by atoms with Crippen LogP contribution in [0.4, 0.5) is 17.1 Å². The Morgan fingerprint density at radius 3 is 1.58 bits per heavy atom. The van der Waals surface area contributed by atoms with E-state index in [-0.39, 0.29) is 0 Å². The molecule has 0 saturated carbocycles. The van der Waals surface area contributed by atoms with Crippen molar-refractivity contribution in [2.45, 2.75) is 0 Å². The van der Waals surface area contributed by atoms with Crippen molar-refractivity contribution in [3.05, 3.63) is 267 Å². The van der Waals surface area contributed by atoms with Crippen LogP contribution in [0.5, 0.6) is 0 Å². The van der Waals surface area contributed by atoms with Crippen LogP contribution in [-0.4, -0.2) is 4.57 Å². The first-order valence-corrected chi connectivity index (χ1v) is 22.7. The summed E-state index contributed by atoms with van der Waals surface area (Å²) in [5, 5.41) is 4.98. The fourth-order valence-corrected chi connectivity index (χ4v) is 9.87. The molecule has 310 valence electrons. The Bertz CT molecular complexity index is 3660. The summed E-state index contributed by atoms with van der Waals surface area (Å²) < 4.78 is 2.42. The first kappa shape index (κ1) is 38.9. The van der Waals surface area contributed by atoms with Gasteiger partial charge in [0.2, 0.25) is 0 Å². The van der Waals surface area contributed by atoms with E-state index in [0.717, 1.165) is 33.9 Å². The Hall–Kier alpha value is -8.72. The van der Waals surface area contributed by atoms with E-state index in [1.807, 2.05) is 0 Å². The third-order valence-electron chi connectivity index (χ3n) is 13.0. The van der Waals surface area contributed by atoms with Gasteiger partial charge in [0.1, 0.15) is 0 Å². The molecule has 0 bridgehead atoms. The molecule has 0 fully saturated rings. The fourth-order valence-electron chi connectivity index (χ4n) is 9.87. The molecular weight excluding hydrogens is 797 g/mol. The van der Waals surface area contributed by atoms with Crippen molar-refractivity contribution < 1.29 is 0 Å². The van der Waals surface area contributed by atoms with Gasteiger partial charge in [-0.25, -0.2) is 0 Å². The maximum absolute atomic E-state index is 2.42. The van der Waals surface area contributed by atoms with Crippen molar-refractivity contribution >= 4 is 49.6 Å². The van der Waals surface area contributed by atoms with Crippen molar-refractivity contribution in [2.75, 3.05) is 4.90 Å². The second kappa shape index (κ2) is 16.8. The molecule has 0 amide bonds. The molecule has 1 heterocycles. The minimum Gasteiger partial charge on any atom is -0.310 e. The number of hydrogen-bond donors (Lipinski definition) is 0. The largest absolute Gasteiger partial charge is 0.310 e. The van der Waals surface area contributed by atoms with E-state index in [1.165, 1.54) is 77.1 Å². The number of benzene rings is 11. The molecule has 0 radical (unpaired) electrons. The van der Waals surface area contributed by atoms with Crippen LogP contribution in [0.2, 0.25) is 0 Å². The van der Waals surface area contributed by atoms with E-state index in [2.05, 4.69) is 276 Å². The van der Waals surface area contributed by atoms with Gasteiger partial charge in [-0.05, 0) is 122 Å². The Morgan fingerprint density at radius 1 is 0.273 bits per heavy atom. The number of para-hydroxylation sites is 3. The summed E-state index contributed by atoms with van der Waals surface area (Å²) in [6, 6.07) is 96.9. The summed E-state index contributed by atoms with van der Waals surface area (Å²) in [6.45, 7) is 0. The van der Waals surface area contributed by atoms with Gasteiger partial charge in [0, 0.05) is 33.4 Å². The highest BCUT2D eigenvalue weighted by molar-refractivity contribution is 6.17. The molecule has 12 aromatic rings. The predicted octanol–water partition coefficient (Wildman–Crippen LogP) is 17.7. The van der Waals surface area contributed by atoms with Gasteiger partial charge in [-0.1, -0.05) is 206 Å². The topological polar surface area (TPSA) is 8.17 Å². The van der Waals surface area contributed by atoms with Crippen LogP contribution in [-0.2, 0) is 0 Å². The quantitative estimate of drug-likeness (QED) is 0.141. The highest BCUT2D eigenvalue weighted by Gasteiger charge is 2.21. The van der Waals surface area contributed by atoms with Gasteiger partial charge in [-0.15, -0.1) is 0 Å². The molecule has 1 aromatic heterocycles. The molecule has 11 aromatic carbocycles. The molecule has 12 rings (SSSR count). The summed E-state index contributed by atoms with van der Waals surface area (Å²) >= 11 is 0. The Labute approximate surface area is 385 Å². The highest BCUT2D eigenvalue weighted by Crippen LogP contribution is 2.45. The zero-order chi connectivity index (χ0) is 43.8. The molecule has 0 spiro atoms. The van der Waals surface area contributed by atoms with Crippen molar-refractivity contribution in [3.8, 4) is 61.3 Å². The van der Waals surface area contributed by atoms with Crippen LogP contribution >= 0.6 is 0 Å². The first-order valence-electron chi connectivity index (χ1n) is 22.7. The zero-order valence-electron chi connectivity index (χ0n) is 36.3. The van der Waals surface area contributed by atoms with Crippen molar-refractivity contribution in [2.24, 2.45) is 0 Å². The number of rotatable bonds is 9. The number of fused-ring (bicyclic) bond motifs is 4.